The molecule has 0 spiro atoms. The van der Waals surface area contributed by atoms with Gasteiger partial charge in [-0.25, -0.2) is 4.98 Å². The standard InChI is InChI=1S/C19H26N4O2S.2ClH/c1-12(2)17(20)19(25)22-11-15(24)21-10-9-16-23-18(13(3)26-16)14-7-5-4-6-8-14;;/h4-8,12,17H,9-11,20H2,1-3H3,(H,21,24)(H,22,25);2*1H/t17-;;/m0../s1. The van der Waals surface area contributed by atoms with E-state index in [0.29, 0.717) is 13.0 Å². The van der Waals surface area contributed by atoms with Gasteiger partial charge in [0.2, 0.25) is 11.8 Å². The molecular weight excluding hydrogens is 419 g/mol. The van der Waals surface area contributed by atoms with Crippen molar-refractivity contribution in [3.63, 3.8) is 0 Å². The number of rotatable bonds is 8. The molecule has 6 nitrogen and oxygen atoms in total. The predicted molar refractivity (Wildman–Crippen MR) is 119 cm³/mol. The van der Waals surface area contributed by atoms with Gasteiger partial charge in [0.15, 0.2) is 0 Å². The molecule has 1 aromatic carbocycles. The summed E-state index contributed by atoms with van der Waals surface area (Å²) in [4.78, 5) is 29.4. The fourth-order valence-corrected chi connectivity index (χ4v) is 3.34. The number of carbonyl (C=O) groups is 2. The van der Waals surface area contributed by atoms with E-state index in [-0.39, 0.29) is 49.1 Å². The van der Waals surface area contributed by atoms with Crippen molar-refractivity contribution in [2.75, 3.05) is 13.1 Å². The van der Waals surface area contributed by atoms with Gasteiger partial charge >= 0.3 is 0 Å². The molecule has 28 heavy (non-hydrogen) atoms. The molecule has 2 amide bonds. The van der Waals surface area contributed by atoms with Crippen LogP contribution in [0.4, 0.5) is 0 Å². The Kier molecular flexibility index (Phi) is 12.0. The molecule has 1 heterocycles. The first-order chi connectivity index (χ1) is 12.4. The molecule has 0 bridgehead atoms. The topological polar surface area (TPSA) is 97.1 Å². The highest BCUT2D eigenvalue weighted by Gasteiger charge is 2.17. The summed E-state index contributed by atoms with van der Waals surface area (Å²) in [5.41, 5.74) is 7.83. The fourth-order valence-electron chi connectivity index (χ4n) is 2.38. The number of halogens is 2. The first-order valence-electron chi connectivity index (χ1n) is 8.70. The molecule has 9 heteroatoms. The molecule has 0 aliphatic rings. The minimum absolute atomic E-state index is 0. The maximum absolute atomic E-state index is 11.8. The van der Waals surface area contributed by atoms with Gasteiger partial charge in [-0.2, -0.15) is 0 Å². The molecular formula is C19H28Cl2N4O2S. The first-order valence-corrected chi connectivity index (χ1v) is 9.52. The van der Waals surface area contributed by atoms with E-state index in [4.69, 9.17) is 5.73 Å². The van der Waals surface area contributed by atoms with Gasteiger partial charge in [-0.05, 0) is 12.8 Å². The molecule has 1 atom stereocenters. The van der Waals surface area contributed by atoms with Crippen LogP contribution in [0.5, 0.6) is 0 Å². The molecule has 0 aliphatic carbocycles. The summed E-state index contributed by atoms with van der Waals surface area (Å²) in [7, 11) is 0. The molecule has 156 valence electrons. The second-order valence-electron chi connectivity index (χ2n) is 6.47. The number of aryl methyl sites for hydroxylation is 1. The number of thiazole rings is 1. The van der Waals surface area contributed by atoms with Crippen LogP contribution in [0, 0.1) is 12.8 Å². The molecule has 0 saturated carbocycles. The van der Waals surface area contributed by atoms with Crippen molar-refractivity contribution < 1.29 is 9.59 Å². The number of hydrogen-bond acceptors (Lipinski definition) is 5. The third kappa shape index (κ3) is 7.75. The predicted octanol–water partition coefficient (Wildman–Crippen LogP) is 2.72. The van der Waals surface area contributed by atoms with E-state index in [2.05, 4.69) is 22.5 Å². The molecule has 0 saturated heterocycles. The Hall–Kier alpha value is -1.67. The summed E-state index contributed by atoms with van der Waals surface area (Å²) in [5.74, 6) is -0.505. The Labute approximate surface area is 182 Å². The molecule has 2 rings (SSSR count). The smallest absolute Gasteiger partial charge is 0.239 e. The zero-order chi connectivity index (χ0) is 19.1. The van der Waals surface area contributed by atoms with Crippen molar-refractivity contribution in [1.29, 1.82) is 0 Å². The number of nitrogens with two attached hydrogens (primary N) is 1. The number of hydrogen-bond donors (Lipinski definition) is 3. The molecule has 0 radical (unpaired) electrons. The van der Waals surface area contributed by atoms with E-state index >= 15 is 0 Å². The van der Waals surface area contributed by atoms with E-state index < -0.39 is 6.04 Å². The van der Waals surface area contributed by atoms with E-state index in [1.165, 1.54) is 0 Å². The normalized spacial score (nSPS) is 11.2. The highest BCUT2D eigenvalue weighted by Crippen LogP contribution is 2.27. The lowest BCUT2D eigenvalue weighted by Gasteiger charge is -2.15. The van der Waals surface area contributed by atoms with Crippen LogP contribution in [0.2, 0.25) is 0 Å². The van der Waals surface area contributed by atoms with Crippen LogP contribution in [0.25, 0.3) is 11.3 Å². The van der Waals surface area contributed by atoms with Crippen LogP contribution in [0.1, 0.15) is 23.7 Å². The van der Waals surface area contributed by atoms with Gasteiger partial charge in [0.1, 0.15) is 0 Å². The zero-order valence-electron chi connectivity index (χ0n) is 16.2. The Balaban J connectivity index is 0.00000364. The monoisotopic (exact) mass is 446 g/mol. The van der Waals surface area contributed by atoms with Crippen molar-refractivity contribution >= 4 is 48.0 Å². The maximum atomic E-state index is 11.8. The number of amides is 2. The average Bonchev–Trinajstić information content (AvgIpc) is 3.00. The van der Waals surface area contributed by atoms with Crippen molar-refractivity contribution in [2.45, 2.75) is 33.2 Å². The summed E-state index contributed by atoms with van der Waals surface area (Å²) in [6, 6.07) is 9.45. The van der Waals surface area contributed by atoms with Crippen LogP contribution < -0.4 is 16.4 Å². The van der Waals surface area contributed by atoms with Crippen molar-refractivity contribution in [3.8, 4) is 11.3 Å². The number of carbonyl (C=O) groups excluding carboxylic acids is 2. The van der Waals surface area contributed by atoms with Gasteiger partial charge in [0.25, 0.3) is 0 Å². The van der Waals surface area contributed by atoms with E-state index in [0.717, 1.165) is 21.1 Å². The second kappa shape index (κ2) is 12.7. The Bertz CT molecular complexity index is 754. The summed E-state index contributed by atoms with van der Waals surface area (Å²) in [5, 5.41) is 6.33. The van der Waals surface area contributed by atoms with Crippen LogP contribution >= 0.6 is 36.2 Å². The van der Waals surface area contributed by atoms with E-state index in [1.54, 1.807) is 11.3 Å². The van der Waals surface area contributed by atoms with Crippen molar-refractivity contribution in [3.05, 3.63) is 40.2 Å². The van der Waals surface area contributed by atoms with Gasteiger partial charge in [-0.3, -0.25) is 9.59 Å². The Morgan fingerprint density at radius 1 is 1.14 bits per heavy atom. The summed E-state index contributed by atoms with van der Waals surface area (Å²) >= 11 is 1.64. The first kappa shape index (κ1) is 26.3. The SMILES string of the molecule is Cc1sc(CCNC(=O)CNC(=O)[C@@H](N)C(C)C)nc1-c1ccccc1.Cl.Cl. The number of nitrogens with one attached hydrogen (secondary N) is 2. The quantitative estimate of drug-likeness (QED) is 0.580. The summed E-state index contributed by atoms with van der Waals surface area (Å²) < 4.78 is 0. The number of aromatic nitrogens is 1. The zero-order valence-corrected chi connectivity index (χ0v) is 18.7. The molecule has 1 aromatic heterocycles. The molecule has 2 aromatic rings. The van der Waals surface area contributed by atoms with Crippen LogP contribution in [0.15, 0.2) is 30.3 Å². The molecule has 0 fully saturated rings. The van der Waals surface area contributed by atoms with Gasteiger partial charge in [-0.15, -0.1) is 36.2 Å². The van der Waals surface area contributed by atoms with Gasteiger partial charge in [0.05, 0.1) is 23.3 Å². The minimum atomic E-state index is -0.600. The highest BCUT2D eigenvalue weighted by atomic mass is 35.5. The van der Waals surface area contributed by atoms with Gasteiger partial charge < -0.3 is 16.4 Å². The van der Waals surface area contributed by atoms with Crippen LogP contribution in [-0.4, -0.2) is 35.9 Å². The lowest BCUT2D eigenvalue weighted by atomic mass is 10.1. The Morgan fingerprint density at radius 2 is 1.79 bits per heavy atom. The minimum Gasteiger partial charge on any atom is -0.354 e. The number of nitrogens with zero attached hydrogens (tertiary/aromatic N) is 1. The number of benzene rings is 1. The Morgan fingerprint density at radius 3 is 2.39 bits per heavy atom. The van der Waals surface area contributed by atoms with Crippen molar-refractivity contribution in [2.24, 2.45) is 11.7 Å². The third-order valence-corrected chi connectivity index (χ3v) is 5.02. The average molecular weight is 447 g/mol. The van der Waals surface area contributed by atoms with Crippen LogP contribution in [-0.2, 0) is 16.0 Å². The van der Waals surface area contributed by atoms with E-state index in [9.17, 15) is 9.59 Å². The maximum Gasteiger partial charge on any atom is 0.239 e. The lowest BCUT2D eigenvalue weighted by molar-refractivity contribution is -0.127. The fraction of sp³-hybridized carbons (Fsp3) is 0.421. The van der Waals surface area contributed by atoms with Gasteiger partial charge in [0, 0.05) is 23.4 Å². The van der Waals surface area contributed by atoms with E-state index in [1.807, 2.05) is 44.2 Å². The van der Waals surface area contributed by atoms with Gasteiger partial charge in [-0.1, -0.05) is 44.2 Å². The lowest BCUT2D eigenvalue weighted by Crippen LogP contribution is -2.47. The molecule has 0 unspecified atom stereocenters. The summed E-state index contributed by atoms with van der Waals surface area (Å²) in [6.07, 6.45) is 0.656. The largest absolute Gasteiger partial charge is 0.354 e. The van der Waals surface area contributed by atoms with Crippen molar-refractivity contribution in [1.82, 2.24) is 15.6 Å². The van der Waals surface area contributed by atoms with Crippen LogP contribution in [0.3, 0.4) is 0 Å². The highest BCUT2D eigenvalue weighted by molar-refractivity contribution is 7.12. The third-order valence-electron chi connectivity index (χ3n) is 3.99. The molecule has 0 aliphatic heterocycles. The molecule has 4 N–H and O–H groups in total. The second-order valence-corrected chi connectivity index (χ2v) is 7.75. The summed E-state index contributed by atoms with van der Waals surface area (Å²) in [6.45, 7) is 6.20.